The van der Waals surface area contributed by atoms with E-state index >= 15 is 0 Å². The molecule has 0 saturated carbocycles. The number of carbonyl (C=O) groups is 1. The largest absolute Gasteiger partial charge is 0.396 e. The molecule has 0 radical (unpaired) electrons. The van der Waals surface area contributed by atoms with Crippen LogP contribution in [0.4, 0.5) is 10.1 Å². The lowest BCUT2D eigenvalue weighted by molar-refractivity contribution is -0.00461. The van der Waals surface area contributed by atoms with Crippen LogP contribution in [-0.2, 0) is 9.47 Å². The van der Waals surface area contributed by atoms with Crippen LogP contribution in [0.3, 0.4) is 0 Å². The van der Waals surface area contributed by atoms with Crippen LogP contribution >= 0.6 is 15.9 Å². The molecule has 2 unspecified atom stereocenters. The Morgan fingerprint density at radius 3 is 2.40 bits per heavy atom. The van der Waals surface area contributed by atoms with Crippen LogP contribution < -0.4 is 5.73 Å². The maximum absolute atomic E-state index is 13.3. The highest BCUT2D eigenvalue weighted by Gasteiger charge is 2.36. The maximum atomic E-state index is 13.3. The number of ether oxygens (including phenoxy) is 2. The lowest BCUT2D eigenvalue weighted by atomic mass is 10.1. The Bertz CT molecular complexity index is 515. The van der Waals surface area contributed by atoms with E-state index in [0.29, 0.717) is 23.1 Å². The second-order valence-electron chi connectivity index (χ2n) is 4.61. The zero-order valence-electron chi connectivity index (χ0n) is 11.2. The molecule has 5 nitrogen and oxygen atoms in total. The van der Waals surface area contributed by atoms with Crippen LogP contribution in [0.1, 0.15) is 10.4 Å². The van der Waals surface area contributed by atoms with Crippen molar-refractivity contribution in [2.24, 2.45) is 0 Å². The van der Waals surface area contributed by atoms with Crippen LogP contribution in [0.5, 0.6) is 0 Å². The predicted molar refractivity (Wildman–Crippen MR) is 76.0 cm³/mol. The first-order valence-corrected chi connectivity index (χ1v) is 6.86. The third-order valence-corrected chi connectivity index (χ3v) is 4.08. The van der Waals surface area contributed by atoms with E-state index in [1.165, 1.54) is 12.1 Å². The van der Waals surface area contributed by atoms with E-state index in [-0.39, 0.29) is 23.8 Å². The number of rotatable bonds is 3. The van der Waals surface area contributed by atoms with Gasteiger partial charge < -0.3 is 20.1 Å². The predicted octanol–water partition coefficient (Wildman–Crippen LogP) is 1.66. The molecule has 1 amide bonds. The Balaban J connectivity index is 2.23. The summed E-state index contributed by atoms with van der Waals surface area (Å²) in [6.07, 6.45) is -0.332. The minimum Gasteiger partial charge on any atom is -0.396 e. The number of nitrogen functional groups attached to an aromatic ring is 1. The smallest absolute Gasteiger partial charge is 0.255 e. The van der Waals surface area contributed by atoms with Crippen molar-refractivity contribution >= 4 is 27.5 Å². The average Bonchev–Trinajstić information content (AvgIpc) is 2.85. The van der Waals surface area contributed by atoms with Crippen LogP contribution in [0.15, 0.2) is 16.6 Å². The van der Waals surface area contributed by atoms with Gasteiger partial charge in [-0.25, -0.2) is 4.39 Å². The standard InChI is InChI=1S/C13H16BrFN2O3/c1-19-11-5-17(6-12(11)20-2)13(18)7-3-10(16)9(15)4-8(7)14/h3-4,11-12H,5-6,16H2,1-2H3. The van der Waals surface area contributed by atoms with E-state index in [1.54, 1.807) is 19.1 Å². The van der Waals surface area contributed by atoms with Gasteiger partial charge in [-0.1, -0.05) is 0 Å². The number of anilines is 1. The number of nitrogens with zero attached hydrogens (tertiary/aromatic N) is 1. The minimum absolute atomic E-state index is 0.0534. The minimum atomic E-state index is -0.556. The fourth-order valence-electron chi connectivity index (χ4n) is 2.26. The van der Waals surface area contributed by atoms with Crippen molar-refractivity contribution in [3.8, 4) is 0 Å². The van der Waals surface area contributed by atoms with Gasteiger partial charge in [-0.3, -0.25) is 4.79 Å². The van der Waals surface area contributed by atoms with Gasteiger partial charge in [0.2, 0.25) is 0 Å². The van der Waals surface area contributed by atoms with Gasteiger partial charge in [0.05, 0.1) is 11.3 Å². The van der Waals surface area contributed by atoms with Crippen molar-refractivity contribution in [2.75, 3.05) is 33.0 Å². The van der Waals surface area contributed by atoms with Crippen molar-refractivity contribution in [1.29, 1.82) is 0 Å². The van der Waals surface area contributed by atoms with Crippen molar-refractivity contribution in [1.82, 2.24) is 4.90 Å². The molecule has 1 heterocycles. The van der Waals surface area contributed by atoms with Crippen molar-refractivity contribution in [2.45, 2.75) is 12.2 Å². The Labute approximate surface area is 125 Å². The molecule has 2 rings (SSSR count). The Morgan fingerprint density at radius 1 is 1.35 bits per heavy atom. The third kappa shape index (κ3) is 2.79. The molecule has 0 bridgehead atoms. The first-order chi connectivity index (χ1) is 9.47. The molecule has 1 aliphatic rings. The van der Waals surface area contributed by atoms with Crippen LogP contribution in [0.25, 0.3) is 0 Å². The van der Waals surface area contributed by atoms with Crippen LogP contribution in [0, 0.1) is 5.82 Å². The summed E-state index contributed by atoms with van der Waals surface area (Å²) >= 11 is 3.19. The summed E-state index contributed by atoms with van der Waals surface area (Å²) in [5.74, 6) is -0.787. The highest BCUT2D eigenvalue weighted by Crippen LogP contribution is 2.26. The molecule has 7 heteroatoms. The molecule has 0 aromatic heterocycles. The normalized spacial score (nSPS) is 22.3. The Morgan fingerprint density at radius 2 is 1.90 bits per heavy atom. The summed E-state index contributed by atoms with van der Waals surface area (Å²) in [6.45, 7) is 0.856. The van der Waals surface area contributed by atoms with Gasteiger partial charge in [0.25, 0.3) is 5.91 Å². The molecule has 1 aromatic rings. The number of hydrogen-bond donors (Lipinski definition) is 1. The first kappa shape index (κ1) is 15.2. The number of hydrogen-bond acceptors (Lipinski definition) is 4. The summed E-state index contributed by atoms with van der Waals surface area (Å²) in [6, 6.07) is 2.53. The summed E-state index contributed by atoms with van der Waals surface area (Å²) < 4.78 is 24.3. The highest BCUT2D eigenvalue weighted by atomic mass is 79.9. The molecular formula is C13H16BrFN2O3. The van der Waals surface area contributed by atoms with E-state index in [4.69, 9.17) is 15.2 Å². The van der Waals surface area contributed by atoms with Gasteiger partial charge in [0.1, 0.15) is 18.0 Å². The van der Waals surface area contributed by atoms with Crippen molar-refractivity contribution in [3.05, 3.63) is 28.0 Å². The van der Waals surface area contributed by atoms with E-state index in [0.717, 1.165) is 0 Å². The number of benzene rings is 1. The molecule has 1 saturated heterocycles. The molecule has 2 atom stereocenters. The summed E-state index contributed by atoms with van der Waals surface area (Å²) in [5.41, 5.74) is 5.79. The second kappa shape index (κ2) is 6.07. The zero-order valence-corrected chi connectivity index (χ0v) is 12.8. The monoisotopic (exact) mass is 346 g/mol. The maximum Gasteiger partial charge on any atom is 0.255 e. The van der Waals surface area contributed by atoms with Gasteiger partial charge in [-0.2, -0.15) is 0 Å². The fourth-order valence-corrected chi connectivity index (χ4v) is 2.75. The first-order valence-electron chi connectivity index (χ1n) is 6.07. The van der Waals surface area contributed by atoms with Crippen LogP contribution in [0.2, 0.25) is 0 Å². The molecule has 110 valence electrons. The number of nitrogens with two attached hydrogens (primary N) is 1. The Hall–Kier alpha value is -1.18. The molecular weight excluding hydrogens is 331 g/mol. The molecule has 1 aliphatic heterocycles. The number of amides is 1. The van der Waals surface area contributed by atoms with Gasteiger partial charge in [0, 0.05) is 31.8 Å². The molecule has 1 fully saturated rings. The van der Waals surface area contributed by atoms with Gasteiger partial charge in [0.15, 0.2) is 0 Å². The lowest BCUT2D eigenvalue weighted by Gasteiger charge is -2.17. The van der Waals surface area contributed by atoms with Gasteiger partial charge >= 0.3 is 0 Å². The quantitative estimate of drug-likeness (QED) is 0.845. The highest BCUT2D eigenvalue weighted by molar-refractivity contribution is 9.10. The topological polar surface area (TPSA) is 64.8 Å². The van der Waals surface area contributed by atoms with E-state index in [9.17, 15) is 9.18 Å². The average molecular weight is 347 g/mol. The van der Waals surface area contributed by atoms with Gasteiger partial charge in [-0.05, 0) is 28.1 Å². The molecule has 20 heavy (non-hydrogen) atoms. The summed E-state index contributed by atoms with van der Waals surface area (Å²) in [7, 11) is 3.16. The molecule has 0 spiro atoms. The SMILES string of the molecule is COC1CN(C(=O)c2cc(N)c(F)cc2Br)CC1OC. The molecule has 2 N–H and O–H groups in total. The summed E-state index contributed by atoms with van der Waals surface area (Å²) in [5, 5.41) is 0. The van der Waals surface area contributed by atoms with Crippen molar-refractivity contribution < 1.29 is 18.7 Å². The zero-order chi connectivity index (χ0) is 14.9. The van der Waals surface area contributed by atoms with Crippen molar-refractivity contribution in [3.63, 3.8) is 0 Å². The van der Waals surface area contributed by atoms with Crippen LogP contribution in [-0.4, -0.2) is 50.3 Å². The Kier molecular flexibility index (Phi) is 4.62. The molecule has 1 aromatic carbocycles. The van der Waals surface area contributed by atoms with E-state index < -0.39 is 5.82 Å². The second-order valence-corrected chi connectivity index (χ2v) is 5.47. The summed E-state index contributed by atoms with van der Waals surface area (Å²) in [4.78, 5) is 14.1. The number of likely N-dealkylation sites (tertiary alicyclic amines) is 1. The van der Waals surface area contributed by atoms with E-state index in [1.807, 2.05) is 0 Å². The number of halogens is 2. The fraction of sp³-hybridized carbons (Fsp3) is 0.462. The van der Waals surface area contributed by atoms with Gasteiger partial charge in [-0.15, -0.1) is 0 Å². The van der Waals surface area contributed by atoms with E-state index in [2.05, 4.69) is 15.9 Å². The number of carbonyl (C=O) groups excluding carboxylic acids is 1. The molecule has 0 aliphatic carbocycles. The number of methoxy groups -OCH3 is 2. The lowest BCUT2D eigenvalue weighted by Crippen LogP contribution is -2.30. The third-order valence-electron chi connectivity index (χ3n) is 3.42.